The van der Waals surface area contributed by atoms with Crippen LogP contribution in [0.5, 0.6) is 0 Å². The second-order valence-corrected chi connectivity index (χ2v) is 4.62. The predicted molar refractivity (Wildman–Crippen MR) is 69.0 cm³/mol. The first-order valence-electron chi connectivity index (χ1n) is 6.24. The first-order chi connectivity index (χ1) is 10.6. The molecule has 1 heterocycles. The van der Waals surface area contributed by atoms with Crippen molar-refractivity contribution < 1.29 is 26.3 Å². The van der Waals surface area contributed by atoms with Crippen molar-refractivity contribution in [1.29, 1.82) is 5.26 Å². The van der Waals surface area contributed by atoms with Gasteiger partial charge in [0.15, 0.2) is 0 Å². The summed E-state index contributed by atoms with van der Waals surface area (Å²) < 4.78 is 76.5. The van der Waals surface area contributed by atoms with Gasteiger partial charge in [0.05, 0.1) is 23.7 Å². The van der Waals surface area contributed by atoms with Crippen molar-refractivity contribution in [1.82, 2.24) is 4.98 Å². The molecule has 0 aliphatic heterocycles. The SMILES string of the molecule is N#CCc1ccc(C(F)(F)F)nc1-c1cccc(C(F)(F)F)c1. The molecule has 0 bridgehead atoms. The molecule has 0 radical (unpaired) electrons. The van der Waals surface area contributed by atoms with Gasteiger partial charge in [-0.1, -0.05) is 18.2 Å². The van der Waals surface area contributed by atoms with E-state index >= 15 is 0 Å². The first-order valence-corrected chi connectivity index (χ1v) is 6.24. The third-order valence-electron chi connectivity index (χ3n) is 3.00. The number of rotatable bonds is 2. The number of hydrogen-bond donors (Lipinski definition) is 0. The van der Waals surface area contributed by atoms with E-state index in [9.17, 15) is 26.3 Å². The molecule has 2 nitrogen and oxygen atoms in total. The molecule has 0 saturated carbocycles. The monoisotopic (exact) mass is 330 g/mol. The minimum Gasteiger partial charge on any atom is -0.243 e. The fraction of sp³-hybridized carbons (Fsp3) is 0.200. The van der Waals surface area contributed by atoms with E-state index in [0.29, 0.717) is 12.1 Å². The molecular weight excluding hydrogens is 322 g/mol. The Kier molecular flexibility index (Phi) is 4.32. The van der Waals surface area contributed by atoms with Crippen LogP contribution in [0.15, 0.2) is 36.4 Å². The summed E-state index contributed by atoms with van der Waals surface area (Å²) in [4.78, 5) is 3.41. The van der Waals surface area contributed by atoms with E-state index in [1.54, 1.807) is 6.07 Å². The molecule has 23 heavy (non-hydrogen) atoms. The Bertz CT molecular complexity index is 756. The third-order valence-corrected chi connectivity index (χ3v) is 3.00. The van der Waals surface area contributed by atoms with Crippen molar-refractivity contribution in [2.45, 2.75) is 18.8 Å². The smallest absolute Gasteiger partial charge is 0.243 e. The molecule has 2 rings (SSSR count). The van der Waals surface area contributed by atoms with Gasteiger partial charge in [-0.25, -0.2) is 4.98 Å². The zero-order valence-corrected chi connectivity index (χ0v) is 11.3. The van der Waals surface area contributed by atoms with Crippen LogP contribution in [-0.4, -0.2) is 4.98 Å². The quantitative estimate of drug-likeness (QED) is 0.738. The van der Waals surface area contributed by atoms with Gasteiger partial charge in [-0.2, -0.15) is 31.6 Å². The Labute approximate surface area is 127 Å². The maximum atomic E-state index is 12.8. The summed E-state index contributed by atoms with van der Waals surface area (Å²) in [7, 11) is 0. The molecule has 2 aromatic rings. The molecular formula is C15H8F6N2. The van der Waals surface area contributed by atoms with E-state index in [1.807, 2.05) is 0 Å². The van der Waals surface area contributed by atoms with Gasteiger partial charge in [0.2, 0.25) is 0 Å². The van der Waals surface area contributed by atoms with Crippen LogP contribution in [0, 0.1) is 11.3 Å². The van der Waals surface area contributed by atoms with Crippen LogP contribution in [-0.2, 0) is 18.8 Å². The summed E-state index contributed by atoms with van der Waals surface area (Å²) >= 11 is 0. The molecule has 1 aromatic heterocycles. The molecule has 0 unspecified atom stereocenters. The van der Waals surface area contributed by atoms with Gasteiger partial charge in [0, 0.05) is 5.56 Å². The Balaban J connectivity index is 2.63. The van der Waals surface area contributed by atoms with Crippen molar-refractivity contribution in [2.75, 3.05) is 0 Å². The van der Waals surface area contributed by atoms with Crippen LogP contribution < -0.4 is 0 Å². The lowest BCUT2D eigenvalue weighted by Crippen LogP contribution is -2.10. The van der Waals surface area contributed by atoms with Gasteiger partial charge in [-0.05, 0) is 23.8 Å². The Morgan fingerprint density at radius 1 is 0.957 bits per heavy atom. The minimum atomic E-state index is -4.73. The van der Waals surface area contributed by atoms with Crippen LogP contribution in [0.3, 0.4) is 0 Å². The van der Waals surface area contributed by atoms with E-state index in [0.717, 1.165) is 18.2 Å². The summed E-state index contributed by atoms with van der Waals surface area (Å²) in [6, 6.07) is 7.32. The molecule has 0 fully saturated rings. The van der Waals surface area contributed by atoms with E-state index in [1.165, 1.54) is 6.07 Å². The summed E-state index contributed by atoms with van der Waals surface area (Å²) in [6.45, 7) is 0. The number of hydrogen-bond acceptors (Lipinski definition) is 2. The fourth-order valence-electron chi connectivity index (χ4n) is 1.97. The number of pyridine rings is 1. The predicted octanol–water partition coefficient (Wildman–Crippen LogP) is 4.85. The van der Waals surface area contributed by atoms with Crippen LogP contribution in [0.25, 0.3) is 11.3 Å². The van der Waals surface area contributed by atoms with Crippen molar-refractivity contribution in [2.24, 2.45) is 0 Å². The summed E-state index contributed by atoms with van der Waals surface area (Å²) in [5.74, 6) is 0. The van der Waals surface area contributed by atoms with Gasteiger partial charge in [-0.15, -0.1) is 0 Å². The zero-order valence-electron chi connectivity index (χ0n) is 11.3. The van der Waals surface area contributed by atoms with Gasteiger partial charge < -0.3 is 0 Å². The molecule has 0 saturated heterocycles. The molecule has 0 aliphatic carbocycles. The highest BCUT2D eigenvalue weighted by atomic mass is 19.4. The maximum absolute atomic E-state index is 12.8. The molecule has 0 amide bonds. The Hall–Kier alpha value is -2.56. The average Bonchev–Trinajstić information content (AvgIpc) is 2.46. The van der Waals surface area contributed by atoms with Crippen molar-refractivity contribution in [3.63, 3.8) is 0 Å². The maximum Gasteiger partial charge on any atom is 0.433 e. The lowest BCUT2D eigenvalue weighted by Gasteiger charge is -2.13. The molecule has 0 aliphatic rings. The number of halogens is 6. The van der Waals surface area contributed by atoms with Crippen LogP contribution in [0.1, 0.15) is 16.8 Å². The zero-order chi connectivity index (χ0) is 17.3. The van der Waals surface area contributed by atoms with Gasteiger partial charge in [0.25, 0.3) is 0 Å². The summed E-state index contributed by atoms with van der Waals surface area (Å²) in [5.41, 5.74) is -2.52. The topological polar surface area (TPSA) is 36.7 Å². The molecule has 0 spiro atoms. The number of aromatic nitrogens is 1. The van der Waals surface area contributed by atoms with Crippen LogP contribution >= 0.6 is 0 Å². The van der Waals surface area contributed by atoms with Crippen molar-refractivity contribution in [3.8, 4) is 17.3 Å². The van der Waals surface area contributed by atoms with E-state index in [4.69, 9.17) is 5.26 Å². The second kappa shape index (κ2) is 5.91. The van der Waals surface area contributed by atoms with Gasteiger partial charge in [0.1, 0.15) is 5.69 Å². The normalized spacial score (nSPS) is 12.0. The van der Waals surface area contributed by atoms with Crippen molar-refractivity contribution in [3.05, 3.63) is 53.2 Å². The lowest BCUT2D eigenvalue weighted by molar-refractivity contribution is -0.141. The number of alkyl halides is 6. The highest BCUT2D eigenvalue weighted by Crippen LogP contribution is 2.34. The average molecular weight is 330 g/mol. The minimum absolute atomic E-state index is 0.125. The van der Waals surface area contributed by atoms with E-state index in [2.05, 4.69) is 4.98 Å². The first kappa shape index (κ1) is 16.8. The van der Waals surface area contributed by atoms with E-state index < -0.39 is 23.6 Å². The molecule has 8 heteroatoms. The number of nitriles is 1. The summed E-state index contributed by atoms with van der Waals surface area (Å²) in [6.07, 6.45) is -9.63. The van der Waals surface area contributed by atoms with Gasteiger partial charge in [-0.3, -0.25) is 0 Å². The highest BCUT2D eigenvalue weighted by Gasteiger charge is 2.34. The fourth-order valence-corrected chi connectivity index (χ4v) is 1.97. The Morgan fingerprint density at radius 2 is 1.65 bits per heavy atom. The standard InChI is InChI=1S/C15H8F6N2/c16-14(17,18)11-3-1-2-10(8-11)13-9(6-7-22)4-5-12(23-13)15(19,20)21/h1-5,8H,6H2. The van der Waals surface area contributed by atoms with Crippen molar-refractivity contribution >= 4 is 0 Å². The molecule has 120 valence electrons. The highest BCUT2D eigenvalue weighted by molar-refractivity contribution is 5.65. The van der Waals surface area contributed by atoms with Gasteiger partial charge >= 0.3 is 12.4 Å². The second-order valence-electron chi connectivity index (χ2n) is 4.62. The number of benzene rings is 1. The molecule has 0 atom stereocenters. The lowest BCUT2D eigenvalue weighted by atomic mass is 10.0. The van der Waals surface area contributed by atoms with Crippen LogP contribution in [0.2, 0.25) is 0 Å². The molecule has 1 aromatic carbocycles. The largest absolute Gasteiger partial charge is 0.433 e. The third kappa shape index (κ3) is 3.80. The number of nitrogens with zero attached hydrogens (tertiary/aromatic N) is 2. The summed E-state index contributed by atoms with van der Waals surface area (Å²) in [5, 5.41) is 8.72. The van der Waals surface area contributed by atoms with E-state index in [-0.39, 0.29) is 23.2 Å². The molecule has 0 N–H and O–H groups in total. The van der Waals surface area contributed by atoms with Crippen LogP contribution in [0.4, 0.5) is 26.3 Å². The Morgan fingerprint density at radius 3 is 2.22 bits per heavy atom.